The summed E-state index contributed by atoms with van der Waals surface area (Å²) >= 11 is 0. The molecular weight excluding hydrogens is 350 g/mol. The molecule has 8 heteroatoms. The van der Waals surface area contributed by atoms with E-state index >= 15 is 0 Å². The van der Waals surface area contributed by atoms with Gasteiger partial charge >= 0.3 is 5.97 Å². The zero-order valence-corrected chi connectivity index (χ0v) is 15.0. The molecule has 27 heavy (non-hydrogen) atoms. The molecule has 3 N–H and O–H groups in total. The highest BCUT2D eigenvalue weighted by Gasteiger charge is 2.39. The molecule has 3 rings (SSSR count). The molecule has 0 unspecified atom stereocenters. The van der Waals surface area contributed by atoms with Crippen LogP contribution in [0.15, 0.2) is 33.9 Å². The van der Waals surface area contributed by atoms with E-state index in [0.29, 0.717) is 18.2 Å². The number of benzene rings is 1. The maximum absolute atomic E-state index is 12.5. The Bertz CT molecular complexity index is 967. The Balaban J connectivity index is 1.75. The Kier molecular flexibility index (Phi) is 5.43. The number of nitrogens with zero attached hydrogens (tertiary/aromatic N) is 1. The molecule has 0 bridgehead atoms. The number of carbonyl (C=O) groups excluding carboxylic acids is 1. The van der Waals surface area contributed by atoms with Crippen LogP contribution in [0.1, 0.15) is 44.9 Å². The van der Waals surface area contributed by atoms with Crippen molar-refractivity contribution in [2.24, 2.45) is 0 Å². The number of amides is 1. The lowest BCUT2D eigenvalue weighted by molar-refractivity contribution is -0.148. The molecule has 1 aromatic heterocycles. The van der Waals surface area contributed by atoms with Crippen LogP contribution in [0.4, 0.5) is 0 Å². The second-order valence-corrected chi connectivity index (χ2v) is 7.04. The summed E-state index contributed by atoms with van der Waals surface area (Å²) in [5.74, 6) is -1.46. The smallest absolute Gasteiger partial charge is 0.329 e. The Morgan fingerprint density at radius 1 is 1.07 bits per heavy atom. The first kappa shape index (κ1) is 18.9. The summed E-state index contributed by atoms with van der Waals surface area (Å²) in [6.07, 6.45) is 4.14. The lowest BCUT2D eigenvalue weighted by Gasteiger charge is -2.29. The second kappa shape index (κ2) is 7.77. The van der Waals surface area contributed by atoms with Crippen LogP contribution in [-0.2, 0) is 16.1 Å². The van der Waals surface area contributed by atoms with Gasteiger partial charge in [0.05, 0.1) is 17.3 Å². The van der Waals surface area contributed by atoms with Gasteiger partial charge in [-0.05, 0) is 25.0 Å². The van der Waals surface area contributed by atoms with Gasteiger partial charge in [0, 0.05) is 6.42 Å². The molecule has 0 radical (unpaired) electrons. The molecule has 0 aliphatic heterocycles. The predicted octanol–water partition coefficient (Wildman–Crippen LogP) is 1.37. The van der Waals surface area contributed by atoms with Crippen molar-refractivity contribution in [3.05, 3.63) is 45.0 Å². The first-order chi connectivity index (χ1) is 12.9. The van der Waals surface area contributed by atoms with Crippen LogP contribution in [0.5, 0.6) is 0 Å². The van der Waals surface area contributed by atoms with Gasteiger partial charge in [-0.15, -0.1) is 0 Å². The van der Waals surface area contributed by atoms with Crippen LogP contribution in [0.3, 0.4) is 0 Å². The van der Waals surface area contributed by atoms with E-state index in [1.54, 1.807) is 24.3 Å². The molecule has 2 aromatic rings. The van der Waals surface area contributed by atoms with E-state index in [-0.39, 0.29) is 23.9 Å². The molecule has 1 aromatic carbocycles. The number of fused-ring (bicyclic) bond motifs is 1. The van der Waals surface area contributed by atoms with Crippen molar-refractivity contribution in [1.29, 1.82) is 0 Å². The molecule has 1 aliphatic carbocycles. The largest absolute Gasteiger partial charge is 0.480 e. The van der Waals surface area contributed by atoms with Crippen LogP contribution in [-0.4, -0.2) is 32.3 Å². The zero-order valence-electron chi connectivity index (χ0n) is 15.0. The number of aliphatic carboxylic acids is 1. The quantitative estimate of drug-likeness (QED) is 0.684. The van der Waals surface area contributed by atoms with Crippen molar-refractivity contribution in [3.63, 3.8) is 0 Å². The molecule has 1 heterocycles. The fraction of sp³-hybridized carbons (Fsp3) is 0.474. The molecule has 144 valence electrons. The molecule has 0 spiro atoms. The Morgan fingerprint density at radius 3 is 2.33 bits per heavy atom. The standard InChI is InChI=1S/C19H23N3O5/c23-15(20-19(18(26)27)10-5-1-2-6-11-19)9-12-22-17(25)14-8-4-3-7-13(14)16(24)21-22/h3-4,7-8H,1-2,5-6,9-12H2,(H,20,23)(H,21,24)(H,26,27). The van der Waals surface area contributed by atoms with Crippen LogP contribution in [0, 0.1) is 0 Å². The van der Waals surface area contributed by atoms with Crippen LogP contribution < -0.4 is 16.4 Å². The number of aromatic amines is 1. The molecule has 1 amide bonds. The number of aryl methyl sites for hydroxylation is 1. The fourth-order valence-electron chi connectivity index (χ4n) is 3.67. The lowest BCUT2D eigenvalue weighted by Crippen LogP contribution is -2.54. The van der Waals surface area contributed by atoms with Crippen molar-refractivity contribution >= 4 is 22.6 Å². The number of carbonyl (C=O) groups is 2. The van der Waals surface area contributed by atoms with Gasteiger partial charge in [-0.2, -0.15) is 0 Å². The van der Waals surface area contributed by atoms with Gasteiger partial charge in [0.2, 0.25) is 5.91 Å². The molecule has 1 aliphatic rings. The number of carboxylic acids is 1. The number of hydrogen-bond donors (Lipinski definition) is 3. The van der Waals surface area contributed by atoms with E-state index < -0.39 is 23.0 Å². The van der Waals surface area contributed by atoms with Gasteiger partial charge in [-0.3, -0.25) is 19.5 Å². The predicted molar refractivity (Wildman–Crippen MR) is 99.7 cm³/mol. The van der Waals surface area contributed by atoms with Crippen LogP contribution >= 0.6 is 0 Å². The Morgan fingerprint density at radius 2 is 1.70 bits per heavy atom. The summed E-state index contributed by atoms with van der Waals surface area (Å²) in [4.78, 5) is 48.7. The van der Waals surface area contributed by atoms with E-state index in [0.717, 1.165) is 30.4 Å². The number of hydrogen-bond acceptors (Lipinski definition) is 4. The van der Waals surface area contributed by atoms with E-state index in [1.165, 1.54) is 0 Å². The molecule has 1 fully saturated rings. The third-order valence-corrected chi connectivity index (χ3v) is 5.19. The van der Waals surface area contributed by atoms with Gasteiger partial charge in [0.25, 0.3) is 11.1 Å². The van der Waals surface area contributed by atoms with Crippen molar-refractivity contribution in [2.75, 3.05) is 0 Å². The third kappa shape index (κ3) is 3.94. The first-order valence-electron chi connectivity index (χ1n) is 9.19. The average molecular weight is 373 g/mol. The van der Waals surface area contributed by atoms with Crippen molar-refractivity contribution in [1.82, 2.24) is 15.1 Å². The van der Waals surface area contributed by atoms with Gasteiger partial charge in [-0.25, -0.2) is 9.48 Å². The molecule has 8 nitrogen and oxygen atoms in total. The van der Waals surface area contributed by atoms with Gasteiger partial charge in [-0.1, -0.05) is 37.8 Å². The molecule has 1 saturated carbocycles. The summed E-state index contributed by atoms with van der Waals surface area (Å²) < 4.78 is 1.10. The second-order valence-electron chi connectivity index (χ2n) is 7.04. The number of aromatic nitrogens is 2. The minimum Gasteiger partial charge on any atom is -0.480 e. The van der Waals surface area contributed by atoms with E-state index in [2.05, 4.69) is 10.4 Å². The SMILES string of the molecule is O=C(CCn1[nH]c(=O)c2ccccc2c1=O)NC1(C(=O)O)CCCCCC1. The van der Waals surface area contributed by atoms with E-state index in [4.69, 9.17) is 0 Å². The Hall–Kier alpha value is -2.90. The number of rotatable bonds is 5. The fourth-order valence-corrected chi connectivity index (χ4v) is 3.67. The number of carboxylic acid groups (broad SMARTS) is 1. The van der Waals surface area contributed by atoms with E-state index in [1.807, 2.05) is 0 Å². The van der Waals surface area contributed by atoms with Crippen molar-refractivity contribution in [2.45, 2.75) is 57.0 Å². The molecular formula is C19H23N3O5. The minimum absolute atomic E-state index is 0.0273. The van der Waals surface area contributed by atoms with Gasteiger partial charge in [0.15, 0.2) is 0 Å². The van der Waals surface area contributed by atoms with Crippen LogP contribution in [0.25, 0.3) is 10.8 Å². The van der Waals surface area contributed by atoms with Crippen molar-refractivity contribution < 1.29 is 14.7 Å². The summed E-state index contributed by atoms with van der Waals surface area (Å²) in [5.41, 5.74) is -2.04. The summed E-state index contributed by atoms with van der Waals surface area (Å²) in [6, 6.07) is 6.47. The normalized spacial score (nSPS) is 16.6. The summed E-state index contributed by atoms with van der Waals surface area (Å²) in [5, 5.41) is 15.4. The van der Waals surface area contributed by atoms with Crippen molar-refractivity contribution in [3.8, 4) is 0 Å². The monoisotopic (exact) mass is 373 g/mol. The maximum Gasteiger partial charge on any atom is 0.329 e. The highest BCUT2D eigenvalue weighted by molar-refractivity contribution is 5.87. The maximum atomic E-state index is 12.5. The van der Waals surface area contributed by atoms with Gasteiger partial charge in [0.1, 0.15) is 5.54 Å². The van der Waals surface area contributed by atoms with Gasteiger partial charge < -0.3 is 10.4 Å². The average Bonchev–Trinajstić information content (AvgIpc) is 2.90. The highest BCUT2D eigenvalue weighted by atomic mass is 16.4. The third-order valence-electron chi connectivity index (χ3n) is 5.19. The summed E-state index contributed by atoms with van der Waals surface area (Å²) in [6.45, 7) is -0.0273. The minimum atomic E-state index is -1.24. The molecule has 0 saturated heterocycles. The highest BCUT2D eigenvalue weighted by Crippen LogP contribution is 2.27. The Labute approximate surface area is 155 Å². The van der Waals surface area contributed by atoms with E-state index in [9.17, 15) is 24.3 Å². The number of nitrogens with one attached hydrogen (secondary N) is 2. The molecule has 0 atom stereocenters. The summed E-state index contributed by atoms with van der Waals surface area (Å²) in [7, 11) is 0. The topological polar surface area (TPSA) is 121 Å². The lowest BCUT2D eigenvalue weighted by atomic mass is 9.90. The zero-order chi connectivity index (χ0) is 19.4. The number of H-pyrrole nitrogens is 1. The van der Waals surface area contributed by atoms with Crippen LogP contribution in [0.2, 0.25) is 0 Å². The first-order valence-corrected chi connectivity index (χ1v) is 9.19.